The normalized spacial score (nSPS) is 10.7. The molecule has 1 aromatic carbocycles. The van der Waals surface area contributed by atoms with Gasteiger partial charge in [-0.1, -0.05) is 17.7 Å². The average molecular weight is 273 g/mol. The standard InChI is InChI=1S/C11H7ClF2N2O2/c12-7-4-10(17)16(15-6-7)8-2-1-3-9(5-8)18-11(13)14/h1-6,11H. The van der Waals surface area contributed by atoms with Crippen molar-refractivity contribution in [3.05, 3.63) is 51.9 Å². The van der Waals surface area contributed by atoms with Crippen LogP contribution in [0.25, 0.3) is 5.69 Å². The van der Waals surface area contributed by atoms with E-state index in [0.717, 1.165) is 4.68 Å². The monoisotopic (exact) mass is 272 g/mol. The van der Waals surface area contributed by atoms with Gasteiger partial charge in [0.05, 0.1) is 16.9 Å². The number of benzene rings is 1. The summed E-state index contributed by atoms with van der Waals surface area (Å²) in [6, 6.07) is 6.84. The van der Waals surface area contributed by atoms with E-state index >= 15 is 0 Å². The smallest absolute Gasteiger partial charge is 0.387 e. The van der Waals surface area contributed by atoms with Crippen molar-refractivity contribution in [1.82, 2.24) is 9.78 Å². The Hall–Kier alpha value is -1.95. The molecule has 0 fully saturated rings. The number of hydrogen-bond acceptors (Lipinski definition) is 3. The van der Waals surface area contributed by atoms with Gasteiger partial charge >= 0.3 is 6.61 Å². The van der Waals surface area contributed by atoms with Crippen LogP contribution in [0.5, 0.6) is 5.75 Å². The molecule has 4 nitrogen and oxygen atoms in total. The van der Waals surface area contributed by atoms with Gasteiger partial charge in [-0.3, -0.25) is 4.79 Å². The van der Waals surface area contributed by atoms with Crippen LogP contribution in [0.4, 0.5) is 8.78 Å². The van der Waals surface area contributed by atoms with E-state index in [-0.39, 0.29) is 10.8 Å². The van der Waals surface area contributed by atoms with Crippen molar-refractivity contribution in [3.63, 3.8) is 0 Å². The van der Waals surface area contributed by atoms with Crippen molar-refractivity contribution >= 4 is 11.6 Å². The van der Waals surface area contributed by atoms with Gasteiger partial charge in [0.1, 0.15) is 5.75 Å². The summed E-state index contributed by atoms with van der Waals surface area (Å²) in [6.07, 6.45) is 1.28. The zero-order valence-electron chi connectivity index (χ0n) is 8.89. The number of hydrogen-bond donors (Lipinski definition) is 0. The van der Waals surface area contributed by atoms with Gasteiger partial charge < -0.3 is 4.74 Å². The first-order valence-electron chi connectivity index (χ1n) is 4.86. The summed E-state index contributed by atoms with van der Waals surface area (Å²) >= 11 is 5.60. The number of nitrogens with zero attached hydrogens (tertiary/aromatic N) is 2. The minimum absolute atomic E-state index is 0.0499. The quantitative estimate of drug-likeness (QED) is 0.862. The molecule has 7 heteroatoms. The molecule has 2 aromatic rings. The fourth-order valence-corrected chi connectivity index (χ4v) is 1.51. The molecule has 0 spiro atoms. The molecule has 0 bridgehead atoms. The fraction of sp³-hybridized carbons (Fsp3) is 0.0909. The van der Waals surface area contributed by atoms with Gasteiger partial charge in [-0.15, -0.1) is 0 Å². The lowest BCUT2D eigenvalue weighted by Crippen LogP contribution is -2.19. The molecule has 0 amide bonds. The summed E-state index contributed by atoms with van der Waals surface area (Å²) in [5.74, 6) is -0.0499. The van der Waals surface area contributed by atoms with Crippen LogP contribution in [0.3, 0.4) is 0 Å². The number of rotatable bonds is 3. The second-order valence-corrected chi connectivity index (χ2v) is 3.74. The third-order valence-electron chi connectivity index (χ3n) is 2.05. The first-order chi connectivity index (χ1) is 8.56. The summed E-state index contributed by atoms with van der Waals surface area (Å²) in [7, 11) is 0. The Morgan fingerprint density at radius 2 is 2.11 bits per heavy atom. The van der Waals surface area contributed by atoms with Gasteiger partial charge in [0, 0.05) is 12.1 Å². The molecule has 0 radical (unpaired) electrons. The predicted molar refractivity (Wildman–Crippen MR) is 61.5 cm³/mol. The van der Waals surface area contributed by atoms with Gasteiger partial charge in [0.15, 0.2) is 0 Å². The van der Waals surface area contributed by atoms with Crippen LogP contribution in [0, 0.1) is 0 Å². The number of alkyl halides is 2. The molecule has 0 saturated heterocycles. The van der Waals surface area contributed by atoms with E-state index in [9.17, 15) is 13.6 Å². The summed E-state index contributed by atoms with van der Waals surface area (Å²) in [6.45, 7) is -2.92. The van der Waals surface area contributed by atoms with Crippen LogP contribution in [0.1, 0.15) is 0 Å². The Bertz CT molecular complexity index is 616. The van der Waals surface area contributed by atoms with E-state index < -0.39 is 12.2 Å². The van der Waals surface area contributed by atoms with E-state index in [1.807, 2.05) is 0 Å². The SMILES string of the molecule is O=c1cc(Cl)cnn1-c1cccc(OC(F)F)c1. The van der Waals surface area contributed by atoms with Crippen LogP contribution >= 0.6 is 11.6 Å². The second-order valence-electron chi connectivity index (χ2n) is 3.30. The Balaban J connectivity index is 2.41. The largest absolute Gasteiger partial charge is 0.435 e. The minimum Gasteiger partial charge on any atom is -0.435 e. The summed E-state index contributed by atoms with van der Waals surface area (Å²) in [5.41, 5.74) is -0.147. The maximum atomic E-state index is 12.1. The van der Waals surface area contributed by atoms with Crippen molar-refractivity contribution in [2.45, 2.75) is 6.61 Å². The maximum absolute atomic E-state index is 12.1. The molecule has 2 rings (SSSR count). The van der Waals surface area contributed by atoms with Crippen LogP contribution < -0.4 is 10.3 Å². The topological polar surface area (TPSA) is 44.1 Å². The highest BCUT2D eigenvalue weighted by molar-refractivity contribution is 6.30. The Labute approximate surface area is 105 Å². The van der Waals surface area contributed by atoms with Crippen molar-refractivity contribution in [2.75, 3.05) is 0 Å². The fourth-order valence-electron chi connectivity index (χ4n) is 1.37. The zero-order valence-corrected chi connectivity index (χ0v) is 9.64. The lowest BCUT2D eigenvalue weighted by molar-refractivity contribution is -0.0498. The molecule has 0 unspecified atom stereocenters. The third kappa shape index (κ3) is 2.84. The van der Waals surface area contributed by atoms with Crippen molar-refractivity contribution in [3.8, 4) is 11.4 Å². The molecule has 0 aliphatic heterocycles. The molecular weight excluding hydrogens is 266 g/mol. The maximum Gasteiger partial charge on any atom is 0.387 e. The number of halogens is 3. The van der Waals surface area contributed by atoms with E-state index in [0.29, 0.717) is 5.69 Å². The summed E-state index contributed by atoms with van der Waals surface area (Å²) in [4.78, 5) is 11.6. The highest BCUT2D eigenvalue weighted by Gasteiger charge is 2.07. The molecule has 0 aliphatic carbocycles. The van der Waals surface area contributed by atoms with E-state index in [1.54, 1.807) is 6.07 Å². The summed E-state index contributed by atoms with van der Waals surface area (Å²) in [5, 5.41) is 4.00. The second kappa shape index (κ2) is 5.14. The zero-order chi connectivity index (χ0) is 13.1. The molecule has 0 atom stereocenters. The molecule has 0 N–H and O–H groups in total. The number of aromatic nitrogens is 2. The minimum atomic E-state index is -2.92. The van der Waals surface area contributed by atoms with Gasteiger partial charge in [0.25, 0.3) is 5.56 Å². The average Bonchev–Trinajstić information content (AvgIpc) is 2.28. The third-order valence-corrected chi connectivity index (χ3v) is 2.26. The van der Waals surface area contributed by atoms with E-state index in [4.69, 9.17) is 11.6 Å². The Morgan fingerprint density at radius 1 is 1.33 bits per heavy atom. The van der Waals surface area contributed by atoms with Gasteiger partial charge in [-0.25, -0.2) is 0 Å². The first kappa shape index (κ1) is 12.5. The van der Waals surface area contributed by atoms with Crippen molar-refractivity contribution in [2.24, 2.45) is 0 Å². The van der Waals surface area contributed by atoms with E-state index in [1.165, 1.54) is 30.5 Å². The lowest BCUT2D eigenvalue weighted by atomic mass is 10.3. The van der Waals surface area contributed by atoms with Crippen molar-refractivity contribution in [1.29, 1.82) is 0 Å². The summed E-state index contributed by atoms with van der Waals surface area (Å²) < 4.78 is 29.4. The van der Waals surface area contributed by atoms with Crippen LogP contribution in [0.15, 0.2) is 41.3 Å². The van der Waals surface area contributed by atoms with Crippen LogP contribution in [0.2, 0.25) is 5.02 Å². The van der Waals surface area contributed by atoms with E-state index in [2.05, 4.69) is 9.84 Å². The Morgan fingerprint density at radius 3 is 2.78 bits per heavy atom. The first-order valence-corrected chi connectivity index (χ1v) is 5.24. The van der Waals surface area contributed by atoms with Gasteiger partial charge in [-0.2, -0.15) is 18.6 Å². The highest BCUT2D eigenvalue weighted by Crippen LogP contribution is 2.17. The van der Waals surface area contributed by atoms with Crippen LogP contribution in [-0.4, -0.2) is 16.4 Å². The Kier molecular flexibility index (Phi) is 3.57. The highest BCUT2D eigenvalue weighted by atomic mass is 35.5. The molecule has 18 heavy (non-hydrogen) atoms. The van der Waals surface area contributed by atoms with Gasteiger partial charge in [0.2, 0.25) is 0 Å². The molecule has 1 heterocycles. The molecule has 94 valence electrons. The number of ether oxygens (including phenoxy) is 1. The predicted octanol–water partition coefficient (Wildman–Crippen LogP) is 2.49. The molecule has 1 aromatic heterocycles. The lowest BCUT2D eigenvalue weighted by Gasteiger charge is -2.07. The van der Waals surface area contributed by atoms with Gasteiger partial charge in [-0.05, 0) is 12.1 Å². The molecule has 0 saturated carbocycles. The molecular formula is C11H7ClF2N2O2. The molecule has 0 aliphatic rings. The van der Waals surface area contributed by atoms with Crippen molar-refractivity contribution < 1.29 is 13.5 Å². The van der Waals surface area contributed by atoms with Crippen LogP contribution in [-0.2, 0) is 0 Å².